The standard InChI is InChI=1S/C10H14N2O2/c1-13-9-5-2-4-8(10(9)11)12-6-3-7-14-12/h2,4-5H,3,6-7,11H2,1H3. The molecule has 4 nitrogen and oxygen atoms in total. The molecule has 0 radical (unpaired) electrons. The van der Waals surface area contributed by atoms with Gasteiger partial charge in [-0.1, -0.05) is 6.07 Å². The second-order valence-electron chi connectivity index (χ2n) is 3.18. The lowest BCUT2D eigenvalue weighted by molar-refractivity contribution is 0.168. The molecule has 4 heteroatoms. The molecule has 76 valence electrons. The zero-order chi connectivity index (χ0) is 9.97. The first-order valence-electron chi connectivity index (χ1n) is 4.66. The maximum absolute atomic E-state index is 5.93. The molecule has 14 heavy (non-hydrogen) atoms. The summed E-state index contributed by atoms with van der Waals surface area (Å²) in [6.45, 7) is 1.65. The first-order valence-corrected chi connectivity index (χ1v) is 4.66. The Bertz CT molecular complexity index is 322. The maximum Gasteiger partial charge on any atom is 0.143 e. The Hall–Kier alpha value is -1.42. The van der Waals surface area contributed by atoms with Crippen molar-refractivity contribution in [2.45, 2.75) is 6.42 Å². The van der Waals surface area contributed by atoms with Gasteiger partial charge in [0.1, 0.15) is 11.4 Å². The Morgan fingerprint density at radius 1 is 1.50 bits per heavy atom. The molecule has 2 N–H and O–H groups in total. The fourth-order valence-corrected chi connectivity index (χ4v) is 1.57. The number of ether oxygens (including phenoxy) is 1. The van der Waals surface area contributed by atoms with Crippen LogP contribution in [0.2, 0.25) is 0 Å². The first kappa shape index (κ1) is 9.15. The van der Waals surface area contributed by atoms with Crippen molar-refractivity contribution >= 4 is 11.4 Å². The van der Waals surface area contributed by atoms with Crippen LogP contribution in [0.3, 0.4) is 0 Å². The molecule has 0 spiro atoms. The average Bonchev–Trinajstić information content (AvgIpc) is 2.71. The Balaban J connectivity index is 2.32. The van der Waals surface area contributed by atoms with Crippen LogP contribution in [-0.2, 0) is 4.84 Å². The highest BCUT2D eigenvalue weighted by molar-refractivity contribution is 5.73. The second kappa shape index (κ2) is 3.75. The highest BCUT2D eigenvalue weighted by Crippen LogP contribution is 2.33. The number of nitrogens with two attached hydrogens (primary N) is 1. The summed E-state index contributed by atoms with van der Waals surface area (Å²) in [6.07, 6.45) is 1.04. The molecule has 0 atom stereocenters. The molecule has 0 bridgehead atoms. The average molecular weight is 194 g/mol. The van der Waals surface area contributed by atoms with Crippen LogP contribution in [0.4, 0.5) is 11.4 Å². The van der Waals surface area contributed by atoms with Crippen LogP contribution in [0, 0.1) is 0 Å². The number of anilines is 2. The second-order valence-corrected chi connectivity index (χ2v) is 3.18. The van der Waals surface area contributed by atoms with Gasteiger partial charge in [0.15, 0.2) is 0 Å². The minimum Gasteiger partial charge on any atom is -0.495 e. The van der Waals surface area contributed by atoms with Crippen molar-refractivity contribution in [3.8, 4) is 5.75 Å². The van der Waals surface area contributed by atoms with E-state index in [2.05, 4.69) is 0 Å². The lowest BCUT2D eigenvalue weighted by Gasteiger charge is -2.19. The molecule has 1 aliphatic rings. The lowest BCUT2D eigenvalue weighted by Crippen LogP contribution is -2.17. The molecule has 2 rings (SSSR count). The topological polar surface area (TPSA) is 47.7 Å². The van der Waals surface area contributed by atoms with Gasteiger partial charge in [-0.05, 0) is 18.6 Å². The predicted octanol–water partition coefficient (Wildman–Crippen LogP) is 1.42. The smallest absolute Gasteiger partial charge is 0.143 e. The van der Waals surface area contributed by atoms with E-state index >= 15 is 0 Å². The first-order chi connectivity index (χ1) is 6.83. The van der Waals surface area contributed by atoms with Crippen molar-refractivity contribution in [3.05, 3.63) is 18.2 Å². The van der Waals surface area contributed by atoms with Crippen molar-refractivity contribution in [1.82, 2.24) is 0 Å². The van der Waals surface area contributed by atoms with Gasteiger partial charge in [0.25, 0.3) is 0 Å². The van der Waals surface area contributed by atoms with Crippen molar-refractivity contribution in [2.24, 2.45) is 0 Å². The van der Waals surface area contributed by atoms with Gasteiger partial charge in [0.2, 0.25) is 0 Å². The number of hydrogen-bond donors (Lipinski definition) is 1. The van der Waals surface area contributed by atoms with E-state index in [1.54, 1.807) is 7.11 Å². The van der Waals surface area contributed by atoms with Crippen LogP contribution in [0.15, 0.2) is 18.2 Å². The van der Waals surface area contributed by atoms with Gasteiger partial charge in [0, 0.05) is 6.54 Å². The monoisotopic (exact) mass is 194 g/mol. The number of benzene rings is 1. The Morgan fingerprint density at radius 2 is 2.36 bits per heavy atom. The van der Waals surface area contributed by atoms with Crippen molar-refractivity contribution in [3.63, 3.8) is 0 Å². The van der Waals surface area contributed by atoms with E-state index in [1.807, 2.05) is 23.3 Å². The fourth-order valence-electron chi connectivity index (χ4n) is 1.57. The normalized spacial score (nSPS) is 15.9. The Morgan fingerprint density at radius 3 is 3.00 bits per heavy atom. The number of hydroxylamine groups is 1. The largest absolute Gasteiger partial charge is 0.495 e. The zero-order valence-corrected chi connectivity index (χ0v) is 8.19. The van der Waals surface area contributed by atoms with Crippen LogP contribution in [0.5, 0.6) is 5.75 Å². The van der Waals surface area contributed by atoms with Gasteiger partial charge in [-0.15, -0.1) is 0 Å². The molecule has 0 aliphatic carbocycles. The molecule has 1 fully saturated rings. The van der Waals surface area contributed by atoms with Gasteiger partial charge in [-0.25, -0.2) is 0 Å². The summed E-state index contributed by atoms with van der Waals surface area (Å²) in [7, 11) is 1.61. The molecular formula is C10H14N2O2. The van der Waals surface area contributed by atoms with E-state index in [0.717, 1.165) is 25.3 Å². The van der Waals surface area contributed by atoms with E-state index in [-0.39, 0.29) is 0 Å². The molecule has 0 amide bonds. The molecule has 1 aromatic rings. The van der Waals surface area contributed by atoms with Crippen molar-refractivity contribution in [1.29, 1.82) is 0 Å². The number of nitrogens with zero attached hydrogens (tertiary/aromatic N) is 1. The lowest BCUT2D eigenvalue weighted by atomic mass is 10.2. The van der Waals surface area contributed by atoms with E-state index in [9.17, 15) is 0 Å². The third-order valence-corrected chi connectivity index (χ3v) is 2.28. The summed E-state index contributed by atoms with van der Waals surface area (Å²) in [6, 6.07) is 5.68. The molecule has 0 saturated carbocycles. The van der Waals surface area contributed by atoms with Crippen LogP contribution >= 0.6 is 0 Å². The van der Waals surface area contributed by atoms with Gasteiger partial charge in [-0.3, -0.25) is 9.90 Å². The molecule has 1 saturated heterocycles. The Kier molecular flexibility index (Phi) is 2.45. The summed E-state index contributed by atoms with van der Waals surface area (Å²) in [5, 5.41) is 1.82. The number of nitrogen functional groups attached to an aromatic ring is 1. The summed E-state index contributed by atoms with van der Waals surface area (Å²) in [5.74, 6) is 0.693. The van der Waals surface area contributed by atoms with Crippen molar-refractivity contribution < 1.29 is 9.57 Å². The van der Waals surface area contributed by atoms with Crippen LogP contribution in [-0.4, -0.2) is 20.3 Å². The van der Waals surface area contributed by atoms with Crippen LogP contribution < -0.4 is 15.5 Å². The third kappa shape index (κ3) is 1.48. The van der Waals surface area contributed by atoms with Gasteiger partial charge in [-0.2, -0.15) is 0 Å². The molecule has 0 unspecified atom stereocenters. The maximum atomic E-state index is 5.93. The quantitative estimate of drug-likeness (QED) is 0.723. The van der Waals surface area contributed by atoms with Gasteiger partial charge in [0.05, 0.1) is 19.4 Å². The number of methoxy groups -OCH3 is 1. The molecule has 1 heterocycles. The van der Waals surface area contributed by atoms with E-state index in [0.29, 0.717) is 11.4 Å². The molecule has 1 aliphatic heterocycles. The van der Waals surface area contributed by atoms with Gasteiger partial charge >= 0.3 is 0 Å². The Labute approximate surface area is 83.2 Å². The number of para-hydroxylation sites is 1. The fraction of sp³-hybridized carbons (Fsp3) is 0.400. The minimum absolute atomic E-state index is 0.636. The summed E-state index contributed by atoms with van der Waals surface area (Å²) in [4.78, 5) is 5.42. The van der Waals surface area contributed by atoms with Gasteiger partial charge < -0.3 is 10.5 Å². The van der Waals surface area contributed by atoms with Crippen LogP contribution in [0.25, 0.3) is 0 Å². The predicted molar refractivity (Wildman–Crippen MR) is 55.3 cm³/mol. The summed E-state index contributed by atoms with van der Waals surface area (Å²) < 4.78 is 5.14. The number of hydrogen-bond acceptors (Lipinski definition) is 4. The summed E-state index contributed by atoms with van der Waals surface area (Å²) >= 11 is 0. The third-order valence-electron chi connectivity index (χ3n) is 2.28. The highest BCUT2D eigenvalue weighted by Gasteiger charge is 2.17. The SMILES string of the molecule is COc1cccc(N2CCCO2)c1N. The van der Waals surface area contributed by atoms with E-state index in [1.165, 1.54) is 0 Å². The molecule has 0 aromatic heterocycles. The summed E-state index contributed by atoms with van der Waals surface area (Å²) in [5.41, 5.74) is 7.45. The van der Waals surface area contributed by atoms with E-state index in [4.69, 9.17) is 15.3 Å². The minimum atomic E-state index is 0.636. The van der Waals surface area contributed by atoms with Crippen LogP contribution in [0.1, 0.15) is 6.42 Å². The van der Waals surface area contributed by atoms with E-state index < -0.39 is 0 Å². The number of rotatable bonds is 2. The molecule has 1 aromatic carbocycles. The highest BCUT2D eigenvalue weighted by atomic mass is 16.7. The van der Waals surface area contributed by atoms with Crippen molar-refractivity contribution in [2.75, 3.05) is 31.1 Å². The molecular weight excluding hydrogens is 180 g/mol. The zero-order valence-electron chi connectivity index (χ0n) is 8.19.